The predicted octanol–water partition coefficient (Wildman–Crippen LogP) is 2.31. The van der Waals surface area contributed by atoms with E-state index in [2.05, 4.69) is 5.32 Å². The largest absolute Gasteiger partial charge is 0.497 e. The number of benzene rings is 2. The van der Waals surface area contributed by atoms with Crippen LogP contribution >= 0.6 is 0 Å². The monoisotopic (exact) mass is 440 g/mol. The smallest absolute Gasteiger partial charge is 0.321 e. The van der Waals surface area contributed by atoms with Gasteiger partial charge in [-0.3, -0.25) is 9.59 Å². The average Bonchev–Trinajstić information content (AvgIpc) is 3.03. The Labute approximate surface area is 185 Å². The normalized spacial score (nSPS) is 18.8. The van der Waals surface area contributed by atoms with Crippen molar-refractivity contribution in [2.45, 2.75) is 19.0 Å². The number of methoxy groups -OCH3 is 1. The Morgan fingerprint density at radius 2 is 1.94 bits per heavy atom. The van der Waals surface area contributed by atoms with Gasteiger partial charge in [-0.05, 0) is 36.2 Å². The van der Waals surface area contributed by atoms with Gasteiger partial charge in [-0.15, -0.1) is 0 Å². The van der Waals surface area contributed by atoms with Gasteiger partial charge in [0.15, 0.2) is 0 Å². The van der Waals surface area contributed by atoms with Crippen LogP contribution in [0, 0.1) is 5.82 Å². The molecule has 2 aliphatic heterocycles. The van der Waals surface area contributed by atoms with Crippen LogP contribution in [0.5, 0.6) is 5.75 Å². The van der Waals surface area contributed by atoms with E-state index in [1.54, 1.807) is 53.3 Å². The molecule has 2 aromatic rings. The van der Waals surface area contributed by atoms with E-state index < -0.39 is 6.04 Å². The Morgan fingerprint density at radius 3 is 2.69 bits per heavy atom. The second-order valence-electron chi connectivity index (χ2n) is 7.89. The third kappa shape index (κ3) is 4.66. The van der Waals surface area contributed by atoms with Gasteiger partial charge in [0.2, 0.25) is 11.8 Å². The number of halogens is 1. The second-order valence-corrected chi connectivity index (χ2v) is 7.89. The van der Waals surface area contributed by atoms with Crippen LogP contribution in [0.3, 0.4) is 0 Å². The lowest BCUT2D eigenvalue weighted by Crippen LogP contribution is -2.61. The fourth-order valence-corrected chi connectivity index (χ4v) is 4.07. The molecule has 2 saturated heterocycles. The zero-order valence-corrected chi connectivity index (χ0v) is 17.8. The van der Waals surface area contributed by atoms with Crippen LogP contribution in [0.4, 0.5) is 14.9 Å². The maximum Gasteiger partial charge on any atom is 0.321 e. The summed E-state index contributed by atoms with van der Waals surface area (Å²) in [6, 6.07) is 11.8. The number of urea groups is 1. The number of anilines is 1. The lowest BCUT2D eigenvalue weighted by molar-refractivity contribution is -0.156. The van der Waals surface area contributed by atoms with E-state index in [-0.39, 0.29) is 43.3 Å². The van der Waals surface area contributed by atoms with E-state index in [0.717, 1.165) is 5.56 Å². The molecule has 2 heterocycles. The third-order valence-corrected chi connectivity index (χ3v) is 5.73. The summed E-state index contributed by atoms with van der Waals surface area (Å²) in [6.07, 6.45) is 0.582. The molecule has 8 nitrogen and oxygen atoms in total. The zero-order valence-electron chi connectivity index (χ0n) is 17.8. The minimum absolute atomic E-state index is 0.0251. The van der Waals surface area contributed by atoms with Gasteiger partial charge in [-0.25, -0.2) is 9.18 Å². The molecule has 1 unspecified atom stereocenters. The Balaban J connectivity index is 1.47. The number of rotatable bonds is 4. The maximum atomic E-state index is 13.2. The van der Waals surface area contributed by atoms with E-state index in [4.69, 9.17) is 4.74 Å². The third-order valence-electron chi connectivity index (χ3n) is 5.73. The van der Waals surface area contributed by atoms with Crippen LogP contribution in [0.1, 0.15) is 12.0 Å². The van der Waals surface area contributed by atoms with Gasteiger partial charge in [0.05, 0.1) is 13.7 Å². The summed E-state index contributed by atoms with van der Waals surface area (Å²) in [5.74, 6) is -0.0986. The van der Waals surface area contributed by atoms with Gasteiger partial charge < -0.3 is 24.8 Å². The molecule has 0 radical (unpaired) electrons. The van der Waals surface area contributed by atoms with Crippen LogP contribution < -0.4 is 10.1 Å². The Morgan fingerprint density at radius 1 is 1.16 bits per heavy atom. The van der Waals surface area contributed by atoms with Crippen LogP contribution in [-0.4, -0.2) is 71.9 Å². The first-order valence-corrected chi connectivity index (χ1v) is 10.5. The summed E-state index contributed by atoms with van der Waals surface area (Å²) in [7, 11) is 1.55. The standard InChI is InChI=1S/C23H25FN4O4/c1-32-19-5-2-4-18(12-19)25-23(31)26-10-3-11-28-20(14-26)22(30)27(15-21(28)29)13-16-6-8-17(24)9-7-16/h2,4-9,12,20H,3,10-11,13-15H2,1H3,(H,25,31). The van der Waals surface area contributed by atoms with Crippen LogP contribution in [0.15, 0.2) is 48.5 Å². The van der Waals surface area contributed by atoms with Crippen molar-refractivity contribution in [3.05, 3.63) is 59.9 Å². The van der Waals surface area contributed by atoms with E-state index >= 15 is 0 Å². The lowest BCUT2D eigenvalue weighted by atomic mass is 10.1. The molecule has 0 bridgehead atoms. The predicted molar refractivity (Wildman–Crippen MR) is 116 cm³/mol. The van der Waals surface area contributed by atoms with Crippen LogP contribution in [0.25, 0.3) is 0 Å². The van der Waals surface area contributed by atoms with Gasteiger partial charge in [0, 0.05) is 31.4 Å². The molecule has 32 heavy (non-hydrogen) atoms. The minimum atomic E-state index is -0.741. The van der Waals surface area contributed by atoms with Crippen molar-refractivity contribution in [3.63, 3.8) is 0 Å². The van der Waals surface area contributed by atoms with E-state index in [9.17, 15) is 18.8 Å². The van der Waals surface area contributed by atoms with Crippen molar-refractivity contribution in [1.82, 2.24) is 14.7 Å². The fraction of sp³-hybridized carbons (Fsp3) is 0.348. The highest BCUT2D eigenvalue weighted by Gasteiger charge is 2.42. The second kappa shape index (κ2) is 9.25. The first-order valence-electron chi connectivity index (χ1n) is 10.5. The molecule has 4 rings (SSSR count). The Kier molecular flexibility index (Phi) is 6.25. The summed E-state index contributed by atoms with van der Waals surface area (Å²) in [6.45, 7) is 1.15. The number of fused-ring (bicyclic) bond motifs is 1. The molecular weight excluding hydrogens is 415 g/mol. The highest BCUT2D eigenvalue weighted by Crippen LogP contribution is 2.22. The topological polar surface area (TPSA) is 82.2 Å². The molecule has 9 heteroatoms. The van der Waals surface area contributed by atoms with Crippen LogP contribution in [0.2, 0.25) is 0 Å². The highest BCUT2D eigenvalue weighted by molar-refractivity contribution is 5.96. The molecule has 0 saturated carbocycles. The van der Waals surface area contributed by atoms with Crippen molar-refractivity contribution < 1.29 is 23.5 Å². The van der Waals surface area contributed by atoms with Gasteiger partial charge in [-0.2, -0.15) is 0 Å². The average molecular weight is 440 g/mol. The minimum Gasteiger partial charge on any atom is -0.497 e. The van der Waals surface area contributed by atoms with Gasteiger partial charge in [0.1, 0.15) is 24.2 Å². The Hall–Kier alpha value is -3.62. The van der Waals surface area contributed by atoms with Gasteiger partial charge >= 0.3 is 6.03 Å². The van der Waals surface area contributed by atoms with Gasteiger partial charge in [0.25, 0.3) is 0 Å². The van der Waals surface area contributed by atoms with Crippen molar-refractivity contribution in [2.24, 2.45) is 0 Å². The van der Waals surface area contributed by atoms with Crippen molar-refractivity contribution in [1.29, 1.82) is 0 Å². The summed E-state index contributed by atoms with van der Waals surface area (Å²) in [5, 5.41) is 2.84. The number of nitrogens with zero attached hydrogens (tertiary/aromatic N) is 3. The molecule has 1 N–H and O–H groups in total. The summed E-state index contributed by atoms with van der Waals surface area (Å²) >= 11 is 0. The highest BCUT2D eigenvalue weighted by atomic mass is 19.1. The Bertz CT molecular complexity index is 1010. The molecule has 4 amide bonds. The van der Waals surface area contributed by atoms with E-state index in [1.807, 2.05) is 0 Å². The SMILES string of the molecule is COc1cccc(NC(=O)N2CCCN3C(=O)CN(Cc4ccc(F)cc4)C(=O)C3C2)c1. The summed E-state index contributed by atoms with van der Waals surface area (Å²) in [5.41, 5.74) is 1.32. The molecule has 2 aliphatic rings. The first kappa shape index (κ1) is 21.6. The molecule has 0 spiro atoms. The van der Waals surface area contributed by atoms with E-state index in [0.29, 0.717) is 30.9 Å². The number of ether oxygens (including phenoxy) is 1. The number of carbonyl (C=O) groups excluding carboxylic acids is 3. The van der Waals surface area contributed by atoms with Crippen LogP contribution in [-0.2, 0) is 16.1 Å². The van der Waals surface area contributed by atoms with Crippen molar-refractivity contribution in [2.75, 3.05) is 38.6 Å². The van der Waals surface area contributed by atoms with Crippen molar-refractivity contribution in [3.8, 4) is 5.75 Å². The molecule has 2 aromatic carbocycles. The number of piperazine rings is 1. The number of carbonyl (C=O) groups is 3. The number of hydrogen-bond acceptors (Lipinski definition) is 4. The summed E-state index contributed by atoms with van der Waals surface area (Å²) < 4.78 is 18.4. The molecule has 2 fully saturated rings. The molecule has 0 aromatic heterocycles. The molecule has 1 atom stereocenters. The quantitative estimate of drug-likeness (QED) is 0.791. The number of nitrogens with one attached hydrogen (secondary N) is 1. The fourth-order valence-electron chi connectivity index (χ4n) is 4.07. The molecule has 0 aliphatic carbocycles. The summed E-state index contributed by atoms with van der Waals surface area (Å²) in [4.78, 5) is 43.5. The molecule has 168 valence electrons. The van der Waals surface area contributed by atoms with Gasteiger partial charge in [-0.1, -0.05) is 18.2 Å². The lowest BCUT2D eigenvalue weighted by Gasteiger charge is -2.40. The number of amides is 4. The van der Waals surface area contributed by atoms with E-state index in [1.165, 1.54) is 17.0 Å². The maximum absolute atomic E-state index is 13.2. The number of hydrogen-bond donors (Lipinski definition) is 1. The molecular formula is C23H25FN4O4. The van der Waals surface area contributed by atoms with Crippen molar-refractivity contribution >= 4 is 23.5 Å². The first-order chi connectivity index (χ1) is 15.4. The zero-order chi connectivity index (χ0) is 22.7.